The van der Waals surface area contributed by atoms with E-state index in [-0.39, 0.29) is 0 Å². The van der Waals surface area contributed by atoms with E-state index >= 15 is 0 Å². The van der Waals surface area contributed by atoms with E-state index in [0.29, 0.717) is 26.8 Å². The summed E-state index contributed by atoms with van der Waals surface area (Å²) in [4.78, 5) is 4.46. The van der Waals surface area contributed by atoms with E-state index in [1.54, 1.807) is 20.3 Å². The van der Waals surface area contributed by atoms with Crippen LogP contribution in [0.5, 0.6) is 11.5 Å². The van der Waals surface area contributed by atoms with Crippen LogP contribution in [0.3, 0.4) is 0 Å². The van der Waals surface area contributed by atoms with Crippen molar-refractivity contribution in [3.63, 3.8) is 0 Å². The Kier molecular flexibility index (Phi) is 5.03. The van der Waals surface area contributed by atoms with E-state index in [1.807, 2.05) is 30.3 Å². The summed E-state index contributed by atoms with van der Waals surface area (Å²) in [5.74, 6) is 1.28. The first-order valence-corrected chi connectivity index (χ1v) is 8.56. The summed E-state index contributed by atoms with van der Waals surface area (Å²) in [6, 6.07) is 11.1. The topological polar surface area (TPSA) is 55.4 Å². The molecule has 3 aromatic rings. The van der Waals surface area contributed by atoms with Crippen LogP contribution in [-0.4, -0.2) is 24.3 Å². The lowest BCUT2D eigenvalue weighted by Crippen LogP contribution is -2.18. The fraction of sp³-hybridized carbons (Fsp3) is 0.125. The van der Waals surface area contributed by atoms with Gasteiger partial charge in [0.1, 0.15) is 5.52 Å². The molecule has 3 rings (SSSR count). The molecular weight excluding hydrogens is 366 g/mol. The van der Waals surface area contributed by atoms with Gasteiger partial charge in [-0.05, 0) is 36.5 Å². The fourth-order valence-electron chi connectivity index (χ4n) is 2.14. The highest BCUT2D eigenvalue weighted by Crippen LogP contribution is 2.31. The highest BCUT2D eigenvalue weighted by Gasteiger charge is 2.09. The number of para-hydroxylation sites is 1. The minimum Gasteiger partial charge on any atom is -0.493 e. The van der Waals surface area contributed by atoms with Crippen molar-refractivity contribution in [3.05, 3.63) is 41.4 Å². The van der Waals surface area contributed by atoms with Gasteiger partial charge >= 0.3 is 0 Å². The number of halogens is 1. The largest absolute Gasteiger partial charge is 0.493 e. The summed E-state index contributed by atoms with van der Waals surface area (Å²) in [7, 11) is 3.18. The molecule has 2 N–H and O–H groups in total. The highest BCUT2D eigenvalue weighted by atomic mass is 35.5. The van der Waals surface area contributed by atoms with Gasteiger partial charge in [0.15, 0.2) is 21.7 Å². The molecule has 0 aliphatic heterocycles. The second-order valence-electron chi connectivity index (χ2n) is 4.75. The highest BCUT2D eigenvalue weighted by molar-refractivity contribution is 7.80. The number of hydrogen-bond acceptors (Lipinski definition) is 5. The molecule has 0 radical (unpaired) electrons. The quantitative estimate of drug-likeness (QED) is 0.636. The number of nitrogens with zero attached hydrogens (tertiary/aromatic N) is 1. The molecular formula is C16H14ClN3O2S2. The molecule has 124 valence electrons. The van der Waals surface area contributed by atoms with Gasteiger partial charge < -0.3 is 20.1 Å². The van der Waals surface area contributed by atoms with Gasteiger partial charge in [-0.1, -0.05) is 29.0 Å². The van der Waals surface area contributed by atoms with Gasteiger partial charge in [0.05, 0.1) is 23.9 Å². The van der Waals surface area contributed by atoms with Crippen molar-refractivity contribution in [1.82, 2.24) is 4.98 Å². The minimum atomic E-state index is 0.428. The monoisotopic (exact) mass is 379 g/mol. The number of methoxy groups -OCH3 is 2. The average Bonchev–Trinajstić information content (AvgIpc) is 2.98. The number of nitrogens with one attached hydrogen (secondary N) is 2. The van der Waals surface area contributed by atoms with Crippen LogP contribution in [0.1, 0.15) is 0 Å². The molecule has 0 aliphatic rings. The molecule has 5 nitrogen and oxygen atoms in total. The molecule has 0 fully saturated rings. The summed E-state index contributed by atoms with van der Waals surface area (Å²) in [6.45, 7) is 0. The van der Waals surface area contributed by atoms with Gasteiger partial charge in [-0.15, -0.1) is 0 Å². The predicted molar refractivity (Wildman–Crippen MR) is 104 cm³/mol. The normalized spacial score (nSPS) is 10.5. The lowest BCUT2D eigenvalue weighted by molar-refractivity contribution is 0.355. The number of rotatable bonds is 4. The van der Waals surface area contributed by atoms with Gasteiger partial charge in [-0.2, -0.15) is 0 Å². The zero-order valence-corrected chi connectivity index (χ0v) is 15.3. The van der Waals surface area contributed by atoms with E-state index in [4.69, 9.17) is 33.3 Å². The molecule has 0 bridgehead atoms. The number of ether oxygens (including phenoxy) is 2. The zero-order valence-electron chi connectivity index (χ0n) is 12.9. The Morgan fingerprint density at radius 2 is 1.92 bits per heavy atom. The minimum absolute atomic E-state index is 0.428. The lowest BCUT2D eigenvalue weighted by atomic mass is 10.3. The van der Waals surface area contributed by atoms with Crippen LogP contribution in [-0.2, 0) is 0 Å². The number of fused-ring (bicyclic) bond motifs is 1. The first-order valence-electron chi connectivity index (χ1n) is 6.96. The molecule has 1 aromatic heterocycles. The first kappa shape index (κ1) is 16.8. The third-order valence-corrected chi connectivity index (χ3v) is 4.68. The van der Waals surface area contributed by atoms with Gasteiger partial charge in [-0.3, -0.25) is 0 Å². The number of hydrogen-bond donors (Lipinski definition) is 2. The molecule has 0 amide bonds. The number of benzene rings is 2. The number of anilines is 2. The summed E-state index contributed by atoms with van der Waals surface area (Å²) >= 11 is 13.0. The Morgan fingerprint density at radius 1 is 1.12 bits per heavy atom. The van der Waals surface area contributed by atoms with Gasteiger partial charge in [0.2, 0.25) is 0 Å². The van der Waals surface area contributed by atoms with Crippen molar-refractivity contribution in [2.45, 2.75) is 0 Å². The fourth-order valence-corrected chi connectivity index (χ4v) is 3.59. The molecule has 0 spiro atoms. The van der Waals surface area contributed by atoms with Gasteiger partial charge in [-0.25, -0.2) is 4.98 Å². The molecule has 0 atom stereocenters. The van der Waals surface area contributed by atoms with Gasteiger partial charge in [0, 0.05) is 11.8 Å². The zero-order chi connectivity index (χ0) is 17.1. The SMILES string of the molecule is COc1ccc(NC(=S)Nc2nc3c(Cl)cccc3s2)cc1OC. The van der Waals surface area contributed by atoms with Gasteiger partial charge in [0.25, 0.3) is 0 Å². The van der Waals surface area contributed by atoms with Crippen molar-refractivity contribution in [3.8, 4) is 11.5 Å². The third-order valence-electron chi connectivity index (χ3n) is 3.23. The number of thiazole rings is 1. The van der Waals surface area contributed by atoms with Crippen LogP contribution < -0.4 is 20.1 Å². The third kappa shape index (κ3) is 3.53. The van der Waals surface area contributed by atoms with Crippen molar-refractivity contribution in [1.29, 1.82) is 0 Å². The van der Waals surface area contributed by atoms with Crippen molar-refractivity contribution >= 4 is 61.3 Å². The number of aromatic nitrogens is 1. The standard InChI is InChI=1S/C16H14ClN3O2S2/c1-21-11-7-6-9(8-12(11)22-2)18-15(23)20-16-19-14-10(17)4-3-5-13(14)24-16/h3-8H,1-2H3,(H2,18,19,20,23). The molecule has 0 unspecified atom stereocenters. The van der Waals surface area contributed by atoms with Crippen LogP contribution in [0.15, 0.2) is 36.4 Å². The lowest BCUT2D eigenvalue weighted by Gasteiger charge is -2.12. The first-order chi connectivity index (χ1) is 11.6. The summed E-state index contributed by atoms with van der Waals surface area (Å²) in [5, 5.41) is 7.89. The average molecular weight is 380 g/mol. The Labute approximate surface area is 153 Å². The Hall–Kier alpha value is -2.09. The molecule has 0 aliphatic carbocycles. The van der Waals surface area contributed by atoms with Crippen LogP contribution in [0, 0.1) is 0 Å². The van der Waals surface area contributed by atoms with E-state index in [1.165, 1.54) is 11.3 Å². The van der Waals surface area contributed by atoms with E-state index < -0.39 is 0 Å². The molecule has 0 saturated heterocycles. The van der Waals surface area contributed by atoms with E-state index in [2.05, 4.69) is 15.6 Å². The van der Waals surface area contributed by atoms with Crippen molar-refractivity contribution in [2.75, 3.05) is 24.9 Å². The summed E-state index contributed by atoms with van der Waals surface area (Å²) < 4.78 is 11.5. The van der Waals surface area contributed by atoms with Crippen molar-refractivity contribution in [2.24, 2.45) is 0 Å². The second-order valence-corrected chi connectivity index (χ2v) is 6.60. The van der Waals surface area contributed by atoms with Crippen LogP contribution in [0.2, 0.25) is 5.02 Å². The van der Waals surface area contributed by atoms with Crippen LogP contribution >= 0.6 is 35.2 Å². The second kappa shape index (κ2) is 7.21. The maximum Gasteiger partial charge on any atom is 0.190 e. The smallest absolute Gasteiger partial charge is 0.190 e. The number of thiocarbonyl (C=S) groups is 1. The van der Waals surface area contributed by atoms with E-state index in [0.717, 1.165) is 15.9 Å². The molecule has 0 saturated carbocycles. The maximum atomic E-state index is 6.14. The summed E-state index contributed by atoms with van der Waals surface area (Å²) in [6.07, 6.45) is 0. The van der Waals surface area contributed by atoms with E-state index in [9.17, 15) is 0 Å². The Balaban J connectivity index is 1.74. The molecule has 2 aromatic carbocycles. The Bertz CT molecular complexity index is 898. The maximum absolute atomic E-state index is 6.14. The molecule has 24 heavy (non-hydrogen) atoms. The molecule has 8 heteroatoms. The Morgan fingerprint density at radius 3 is 2.62 bits per heavy atom. The van der Waals surface area contributed by atoms with Crippen molar-refractivity contribution < 1.29 is 9.47 Å². The van der Waals surface area contributed by atoms with Crippen LogP contribution in [0.4, 0.5) is 10.8 Å². The predicted octanol–water partition coefficient (Wildman–Crippen LogP) is 4.78. The summed E-state index contributed by atoms with van der Waals surface area (Å²) in [5.41, 5.74) is 1.55. The van der Waals surface area contributed by atoms with Crippen LogP contribution in [0.25, 0.3) is 10.2 Å². The molecule has 1 heterocycles.